The van der Waals surface area contributed by atoms with Crippen LogP contribution < -0.4 is 15.4 Å². The maximum atomic E-state index is 13.5. The fraction of sp³-hybridized carbons (Fsp3) is 0.355. The Morgan fingerprint density at radius 2 is 1.78 bits per heavy atom. The molecular formula is C31H31BrCl2N2O5. The number of aliphatic hydroxyl groups excluding tert-OH is 1. The Hall–Kier alpha value is -2.78. The standard InChI is InChI=1S/C31H31BrCl2N2O5/c1-5-40-29(39)30(3,4)41-25-11-7-17(32)12-21(25)23-15-26(37)36-27(20-13-18(33)8-6-16(20)2)31(23)22-10-9-19(34)14-24(22)35-28(31)38/h6-14,23,27-28,35,38H,5,15H2,1-4H3,(H,36,37)/t23-,27+,28?,31-/m1/s1. The molecule has 1 saturated heterocycles. The Labute approximate surface area is 257 Å². The molecule has 0 saturated carbocycles. The van der Waals surface area contributed by atoms with E-state index in [1.165, 1.54) is 0 Å². The molecule has 0 aromatic heterocycles. The van der Waals surface area contributed by atoms with Crippen LogP contribution in [0.5, 0.6) is 5.75 Å². The molecule has 3 aromatic carbocycles. The molecule has 3 aromatic rings. The van der Waals surface area contributed by atoms with Crippen molar-refractivity contribution in [1.82, 2.24) is 5.32 Å². The Morgan fingerprint density at radius 3 is 2.51 bits per heavy atom. The van der Waals surface area contributed by atoms with Gasteiger partial charge in [-0.05, 0) is 86.8 Å². The third-order valence-electron chi connectivity index (χ3n) is 7.97. The van der Waals surface area contributed by atoms with Crippen molar-refractivity contribution in [1.29, 1.82) is 0 Å². The van der Waals surface area contributed by atoms with Crippen molar-refractivity contribution in [3.8, 4) is 5.75 Å². The van der Waals surface area contributed by atoms with Gasteiger partial charge in [0.1, 0.15) is 12.0 Å². The maximum absolute atomic E-state index is 13.5. The second-order valence-electron chi connectivity index (χ2n) is 10.9. The molecule has 10 heteroatoms. The quantitative estimate of drug-likeness (QED) is 0.251. The van der Waals surface area contributed by atoms with Crippen molar-refractivity contribution in [2.24, 2.45) is 0 Å². The number of esters is 1. The lowest BCUT2D eigenvalue weighted by Gasteiger charge is -2.50. The second kappa shape index (κ2) is 11.1. The first-order valence-electron chi connectivity index (χ1n) is 13.3. The van der Waals surface area contributed by atoms with E-state index in [0.29, 0.717) is 27.0 Å². The molecule has 2 aliphatic rings. The van der Waals surface area contributed by atoms with E-state index < -0.39 is 35.2 Å². The zero-order chi connectivity index (χ0) is 29.7. The minimum Gasteiger partial charge on any atom is -0.476 e. The van der Waals surface area contributed by atoms with Crippen molar-refractivity contribution in [3.05, 3.63) is 91.4 Å². The number of rotatable bonds is 6. The average Bonchev–Trinajstić information content (AvgIpc) is 3.18. The van der Waals surface area contributed by atoms with Crippen LogP contribution >= 0.6 is 39.1 Å². The van der Waals surface area contributed by atoms with E-state index in [0.717, 1.165) is 21.2 Å². The summed E-state index contributed by atoms with van der Waals surface area (Å²) in [5, 5.41) is 19.4. The highest BCUT2D eigenvalue weighted by molar-refractivity contribution is 9.10. The minimum atomic E-state index is -1.32. The number of hydrogen-bond donors (Lipinski definition) is 3. The van der Waals surface area contributed by atoms with Gasteiger partial charge in [-0.25, -0.2) is 4.79 Å². The molecule has 2 heterocycles. The summed E-state index contributed by atoms with van der Waals surface area (Å²) in [5.41, 5.74) is 1.37. The van der Waals surface area contributed by atoms with Gasteiger partial charge in [0.2, 0.25) is 5.91 Å². The van der Waals surface area contributed by atoms with Gasteiger partial charge in [0.25, 0.3) is 0 Å². The third kappa shape index (κ3) is 5.20. The van der Waals surface area contributed by atoms with Gasteiger partial charge in [0, 0.05) is 38.1 Å². The molecule has 1 spiro atoms. The molecule has 41 heavy (non-hydrogen) atoms. The summed E-state index contributed by atoms with van der Waals surface area (Å²) in [6.07, 6.45) is -1.08. The Kier molecular flexibility index (Phi) is 8.07. The zero-order valence-electron chi connectivity index (χ0n) is 23.1. The van der Waals surface area contributed by atoms with Crippen molar-refractivity contribution in [2.45, 2.75) is 63.3 Å². The van der Waals surface area contributed by atoms with Gasteiger partial charge in [-0.15, -0.1) is 0 Å². The SMILES string of the molecule is CCOC(=O)C(C)(C)Oc1ccc(Br)cc1[C@H]1CC(=O)N[C@@H](c2cc(Cl)ccc2C)[C@@]12c1ccc(Cl)cc1NC2O. The van der Waals surface area contributed by atoms with Gasteiger partial charge in [0.15, 0.2) is 5.60 Å². The molecule has 4 atom stereocenters. The van der Waals surface area contributed by atoms with Crippen LogP contribution in [-0.4, -0.2) is 35.4 Å². The molecule has 3 N–H and O–H groups in total. The third-order valence-corrected chi connectivity index (χ3v) is 8.94. The van der Waals surface area contributed by atoms with Crippen molar-refractivity contribution < 1.29 is 24.2 Å². The first-order chi connectivity index (χ1) is 19.4. The summed E-state index contributed by atoms with van der Waals surface area (Å²) in [6.45, 7) is 7.17. The Balaban J connectivity index is 1.78. The van der Waals surface area contributed by atoms with Crippen LogP contribution in [0.4, 0.5) is 5.69 Å². The van der Waals surface area contributed by atoms with Crippen LogP contribution in [0.3, 0.4) is 0 Å². The van der Waals surface area contributed by atoms with E-state index in [-0.39, 0.29) is 18.9 Å². The van der Waals surface area contributed by atoms with E-state index in [9.17, 15) is 14.7 Å². The van der Waals surface area contributed by atoms with E-state index >= 15 is 0 Å². The lowest BCUT2D eigenvalue weighted by molar-refractivity contribution is -0.158. The normalized spacial score (nSPS) is 23.5. The number of carbonyl (C=O) groups excluding carboxylic acids is 2. The van der Waals surface area contributed by atoms with Gasteiger partial charge < -0.3 is 25.2 Å². The second-order valence-corrected chi connectivity index (χ2v) is 12.7. The molecule has 1 unspecified atom stereocenters. The van der Waals surface area contributed by atoms with Crippen LogP contribution in [0.2, 0.25) is 10.0 Å². The molecule has 5 rings (SSSR count). The molecular weight excluding hydrogens is 631 g/mol. The number of anilines is 1. The number of benzene rings is 3. The number of halogens is 3. The predicted molar refractivity (Wildman–Crippen MR) is 163 cm³/mol. The smallest absolute Gasteiger partial charge is 0.349 e. The van der Waals surface area contributed by atoms with Gasteiger partial charge in [-0.1, -0.05) is 51.3 Å². The van der Waals surface area contributed by atoms with Gasteiger partial charge in [-0.2, -0.15) is 0 Å². The summed E-state index contributed by atoms with van der Waals surface area (Å²) in [4.78, 5) is 26.3. The number of nitrogens with one attached hydrogen (secondary N) is 2. The molecule has 1 amide bonds. The molecule has 1 fully saturated rings. The summed E-state index contributed by atoms with van der Waals surface area (Å²) >= 11 is 16.4. The largest absolute Gasteiger partial charge is 0.476 e. The number of fused-ring (bicyclic) bond motifs is 2. The molecule has 2 aliphatic heterocycles. The number of piperidine rings is 1. The molecule has 0 aliphatic carbocycles. The summed E-state index contributed by atoms with van der Waals surface area (Å²) < 4.78 is 12.4. The van der Waals surface area contributed by atoms with Crippen LogP contribution in [0.1, 0.15) is 61.4 Å². The van der Waals surface area contributed by atoms with Crippen molar-refractivity contribution in [3.63, 3.8) is 0 Å². The highest BCUT2D eigenvalue weighted by Gasteiger charge is 2.61. The van der Waals surface area contributed by atoms with Gasteiger partial charge in [-0.3, -0.25) is 4.79 Å². The number of aliphatic hydroxyl groups is 1. The highest BCUT2D eigenvalue weighted by Crippen LogP contribution is 2.60. The number of ether oxygens (including phenoxy) is 2. The molecule has 216 valence electrons. The number of aryl methyl sites for hydroxylation is 1. The fourth-order valence-corrected chi connectivity index (χ4v) is 6.88. The van der Waals surface area contributed by atoms with Crippen LogP contribution in [0, 0.1) is 6.92 Å². The number of amides is 1. The van der Waals surface area contributed by atoms with Crippen molar-refractivity contribution in [2.75, 3.05) is 11.9 Å². The lowest BCUT2D eigenvalue weighted by Crippen LogP contribution is -2.58. The average molecular weight is 662 g/mol. The Morgan fingerprint density at radius 1 is 1.07 bits per heavy atom. The highest BCUT2D eigenvalue weighted by atomic mass is 79.9. The van der Waals surface area contributed by atoms with Gasteiger partial charge in [0.05, 0.1) is 18.1 Å². The Bertz CT molecular complexity index is 1530. The zero-order valence-corrected chi connectivity index (χ0v) is 26.2. The molecule has 0 bridgehead atoms. The molecule has 7 nitrogen and oxygen atoms in total. The molecule has 0 radical (unpaired) electrons. The van der Waals surface area contributed by atoms with E-state index in [1.54, 1.807) is 45.0 Å². The first-order valence-corrected chi connectivity index (χ1v) is 14.9. The lowest BCUT2D eigenvalue weighted by atomic mass is 9.58. The van der Waals surface area contributed by atoms with Crippen LogP contribution in [-0.2, 0) is 19.7 Å². The van der Waals surface area contributed by atoms with E-state index in [2.05, 4.69) is 26.6 Å². The first kappa shape index (κ1) is 29.7. The number of carbonyl (C=O) groups is 2. The van der Waals surface area contributed by atoms with E-state index in [1.807, 2.05) is 37.3 Å². The summed E-state index contributed by atoms with van der Waals surface area (Å²) in [7, 11) is 0. The van der Waals surface area contributed by atoms with Crippen molar-refractivity contribution >= 4 is 56.7 Å². The van der Waals surface area contributed by atoms with Crippen LogP contribution in [0.25, 0.3) is 0 Å². The predicted octanol–water partition coefficient (Wildman–Crippen LogP) is 6.81. The monoisotopic (exact) mass is 660 g/mol. The summed E-state index contributed by atoms with van der Waals surface area (Å²) in [6, 6.07) is 15.7. The minimum absolute atomic E-state index is 0.0452. The van der Waals surface area contributed by atoms with Gasteiger partial charge >= 0.3 is 5.97 Å². The van der Waals surface area contributed by atoms with Crippen LogP contribution in [0.15, 0.2) is 59.1 Å². The number of hydrogen-bond acceptors (Lipinski definition) is 6. The fourth-order valence-electron chi connectivity index (χ4n) is 6.14. The summed E-state index contributed by atoms with van der Waals surface area (Å²) in [5.74, 6) is -0.910. The maximum Gasteiger partial charge on any atom is 0.349 e. The topological polar surface area (TPSA) is 96.9 Å². The van der Waals surface area contributed by atoms with E-state index in [4.69, 9.17) is 32.7 Å².